The lowest BCUT2D eigenvalue weighted by Gasteiger charge is -2.33. The average molecular weight is 680 g/mol. The molecule has 2 aromatic heterocycles. The summed E-state index contributed by atoms with van der Waals surface area (Å²) in [6.07, 6.45) is -0.403. The van der Waals surface area contributed by atoms with Gasteiger partial charge in [-0.15, -0.1) is 17.9 Å². The minimum absolute atomic E-state index is 0.0233. The number of thiophene rings is 1. The number of aromatic nitrogens is 2. The van der Waals surface area contributed by atoms with E-state index in [-0.39, 0.29) is 36.9 Å². The fourth-order valence-corrected chi connectivity index (χ4v) is 6.95. The number of hydrogen-bond donors (Lipinski definition) is 3. The number of likely N-dealkylation sites (tertiary alicyclic amines) is 1. The monoisotopic (exact) mass is 679 g/mol. The number of carboxylic acid groups (broad SMARTS) is 1. The molecule has 15 heteroatoms. The number of para-hydroxylation sites is 2. The number of nitrogens with one attached hydrogen (secondary N) is 1. The van der Waals surface area contributed by atoms with Crippen molar-refractivity contribution >= 4 is 46.2 Å². The molecule has 3 fully saturated rings. The first-order chi connectivity index (χ1) is 23.0. The number of carboxylic acids is 1. The Hall–Kier alpha value is -4.60. The quantitative estimate of drug-likeness (QED) is 0.153. The van der Waals surface area contributed by atoms with Crippen LogP contribution < -0.4 is 10.1 Å². The molecule has 6 rings (SSSR count). The number of rotatable bonds is 11. The summed E-state index contributed by atoms with van der Waals surface area (Å²) < 4.78 is 17.0. The molecule has 0 bridgehead atoms. The lowest BCUT2D eigenvalue weighted by molar-refractivity contribution is -0.164. The van der Waals surface area contributed by atoms with E-state index in [2.05, 4.69) is 11.9 Å². The largest absolute Gasteiger partial charge is 0.479 e. The molecule has 0 radical (unpaired) electrons. The minimum atomic E-state index is -1.55. The van der Waals surface area contributed by atoms with Gasteiger partial charge in [0.25, 0.3) is 0 Å². The van der Waals surface area contributed by atoms with E-state index in [1.807, 2.05) is 35.7 Å². The zero-order valence-corrected chi connectivity index (χ0v) is 27.3. The van der Waals surface area contributed by atoms with E-state index < -0.39 is 65.5 Å². The van der Waals surface area contributed by atoms with Crippen LogP contribution in [-0.4, -0.2) is 104 Å². The van der Waals surface area contributed by atoms with Crippen molar-refractivity contribution in [1.29, 1.82) is 0 Å². The third-order valence-corrected chi connectivity index (χ3v) is 9.81. The first-order valence-electron chi connectivity index (χ1n) is 15.7. The van der Waals surface area contributed by atoms with E-state index >= 15 is 0 Å². The fourth-order valence-electron chi connectivity index (χ4n) is 6.25. The Morgan fingerprint density at radius 2 is 1.92 bits per heavy atom. The minimum Gasteiger partial charge on any atom is -0.479 e. The van der Waals surface area contributed by atoms with Crippen LogP contribution in [0, 0.1) is 11.8 Å². The SMILES string of the molecule is C=C[C@@H]1CC1(NC(=O)[C@@H]1C[C@@H](Oc2nc3ccccc3nc2-c2cccs2)CN1C(=O)C(C(C)C)N(O)C(=O)OC1CCOC1)C(=O)O. The number of nitrogens with zero attached hydrogens (tertiary/aromatic N) is 4. The molecular weight excluding hydrogens is 642 g/mol. The maximum absolute atomic E-state index is 14.2. The fraction of sp³-hybridized carbons (Fsp3) is 0.455. The van der Waals surface area contributed by atoms with Crippen LogP contribution >= 0.6 is 11.3 Å². The maximum atomic E-state index is 14.2. The van der Waals surface area contributed by atoms with Gasteiger partial charge in [0.05, 0.1) is 35.7 Å². The molecule has 3 unspecified atom stereocenters. The summed E-state index contributed by atoms with van der Waals surface area (Å²) in [5.41, 5.74) is 0.192. The number of carbonyl (C=O) groups is 4. The Morgan fingerprint density at radius 3 is 2.52 bits per heavy atom. The average Bonchev–Trinajstić information content (AvgIpc) is 3.54. The van der Waals surface area contributed by atoms with E-state index in [0.29, 0.717) is 29.8 Å². The normalized spacial score (nSPS) is 25.5. The number of amides is 3. The van der Waals surface area contributed by atoms with Gasteiger partial charge in [-0.1, -0.05) is 38.1 Å². The third-order valence-electron chi connectivity index (χ3n) is 8.94. The molecule has 0 spiro atoms. The van der Waals surface area contributed by atoms with Crippen molar-refractivity contribution < 1.29 is 43.7 Å². The highest BCUT2D eigenvalue weighted by Crippen LogP contribution is 2.45. The predicted molar refractivity (Wildman–Crippen MR) is 172 cm³/mol. The lowest BCUT2D eigenvalue weighted by atomic mass is 10.0. The van der Waals surface area contributed by atoms with Crippen molar-refractivity contribution in [3.8, 4) is 16.5 Å². The molecule has 6 atom stereocenters. The third kappa shape index (κ3) is 6.44. The van der Waals surface area contributed by atoms with Crippen LogP contribution in [0.1, 0.15) is 33.1 Å². The second-order valence-corrected chi connectivity index (χ2v) is 13.5. The Morgan fingerprint density at radius 1 is 1.17 bits per heavy atom. The van der Waals surface area contributed by atoms with Gasteiger partial charge in [-0.05, 0) is 35.9 Å². The number of aliphatic carboxylic acids is 1. The maximum Gasteiger partial charge on any atom is 0.434 e. The van der Waals surface area contributed by atoms with Gasteiger partial charge in [-0.25, -0.2) is 19.6 Å². The molecule has 1 aliphatic carbocycles. The number of hydrogen-bond acceptors (Lipinski definition) is 11. The van der Waals surface area contributed by atoms with Gasteiger partial charge in [0.1, 0.15) is 35.5 Å². The molecule has 1 aromatic carbocycles. The highest BCUT2D eigenvalue weighted by Gasteiger charge is 2.61. The second kappa shape index (κ2) is 13.5. The number of carbonyl (C=O) groups excluding carboxylic acids is 3. The Bertz CT molecular complexity index is 1710. The van der Waals surface area contributed by atoms with Crippen molar-refractivity contribution in [3.63, 3.8) is 0 Å². The van der Waals surface area contributed by atoms with E-state index in [4.69, 9.17) is 24.2 Å². The molecule has 254 valence electrons. The van der Waals surface area contributed by atoms with E-state index in [1.54, 1.807) is 19.9 Å². The smallest absolute Gasteiger partial charge is 0.434 e. The number of fused-ring (bicyclic) bond motifs is 1. The number of hydroxylamine groups is 2. The van der Waals surface area contributed by atoms with Crippen molar-refractivity contribution in [2.45, 2.75) is 62.9 Å². The molecule has 2 aliphatic heterocycles. The summed E-state index contributed by atoms with van der Waals surface area (Å²) in [5, 5.41) is 25.7. The highest BCUT2D eigenvalue weighted by molar-refractivity contribution is 7.13. The van der Waals surface area contributed by atoms with Gasteiger partial charge in [0.2, 0.25) is 17.7 Å². The summed E-state index contributed by atoms with van der Waals surface area (Å²) in [4.78, 5) is 64.8. The molecule has 4 heterocycles. The lowest BCUT2D eigenvalue weighted by Crippen LogP contribution is -2.58. The van der Waals surface area contributed by atoms with Crippen molar-refractivity contribution in [2.24, 2.45) is 11.8 Å². The van der Waals surface area contributed by atoms with Crippen molar-refractivity contribution in [3.05, 3.63) is 54.4 Å². The summed E-state index contributed by atoms with van der Waals surface area (Å²) >= 11 is 1.45. The van der Waals surface area contributed by atoms with Crippen LogP contribution in [0.2, 0.25) is 0 Å². The van der Waals surface area contributed by atoms with Crippen molar-refractivity contribution in [2.75, 3.05) is 19.8 Å². The Balaban J connectivity index is 1.30. The van der Waals surface area contributed by atoms with Gasteiger partial charge < -0.3 is 29.5 Å². The van der Waals surface area contributed by atoms with Crippen LogP contribution in [-0.2, 0) is 23.9 Å². The van der Waals surface area contributed by atoms with E-state index in [0.717, 1.165) is 4.88 Å². The van der Waals surface area contributed by atoms with Crippen LogP contribution in [0.3, 0.4) is 0 Å². The molecule has 3 N–H and O–H groups in total. The number of benzene rings is 1. The van der Waals surface area contributed by atoms with Crippen LogP contribution in [0.25, 0.3) is 21.6 Å². The van der Waals surface area contributed by atoms with Gasteiger partial charge >= 0.3 is 12.1 Å². The molecule has 3 aromatic rings. The first-order valence-corrected chi connectivity index (χ1v) is 16.6. The topological polar surface area (TPSA) is 181 Å². The molecule has 3 aliphatic rings. The molecule has 14 nitrogen and oxygen atoms in total. The zero-order chi connectivity index (χ0) is 34.2. The summed E-state index contributed by atoms with van der Waals surface area (Å²) in [6, 6.07) is 8.45. The van der Waals surface area contributed by atoms with Gasteiger partial charge in [0, 0.05) is 18.8 Å². The molecule has 3 amide bonds. The summed E-state index contributed by atoms with van der Waals surface area (Å²) in [6.45, 7) is 7.43. The van der Waals surface area contributed by atoms with Crippen LogP contribution in [0.15, 0.2) is 54.4 Å². The van der Waals surface area contributed by atoms with Crippen LogP contribution in [0.5, 0.6) is 5.88 Å². The molecular formula is C33H37N5O9S. The Labute approximate surface area is 280 Å². The second-order valence-electron chi connectivity index (χ2n) is 12.5. The first kappa shape index (κ1) is 33.3. The zero-order valence-electron chi connectivity index (χ0n) is 26.5. The van der Waals surface area contributed by atoms with E-state index in [9.17, 15) is 29.5 Å². The predicted octanol–water partition coefficient (Wildman–Crippen LogP) is 3.49. The summed E-state index contributed by atoms with van der Waals surface area (Å²) in [5.74, 6) is -3.53. The molecule has 1 saturated carbocycles. The van der Waals surface area contributed by atoms with Gasteiger partial charge in [-0.3, -0.25) is 14.8 Å². The highest BCUT2D eigenvalue weighted by atomic mass is 32.1. The number of ether oxygens (including phenoxy) is 3. The molecule has 2 saturated heterocycles. The van der Waals surface area contributed by atoms with Gasteiger partial charge in [0.15, 0.2) is 0 Å². The summed E-state index contributed by atoms with van der Waals surface area (Å²) in [7, 11) is 0. The van der Waals surface area contributed by atoms with E-state index in [1.165, 1.54) is 22.3 Å². The Kier molecular flexibility index (Phi) is 9.36. The van der Waals surface area contributed by atoms with Crippen molar-refractivity contribution in [1.82, 2.24) is 25.2 Å². The van der Waals surface area contributed by atoms with Gasteiger partial charge in [-0.2, -0.15) is 5.06 Å². The van der Waals surface area contributed by atoms with Crippen LogP contribution in [0.4, 0.5) is 4.79 Å². The standard InChI is InChI=1S/C33H37N5O9S/c1-4-19-15-33(19,31(41)42)36-28(39)24-14-21(46-29-26(25-10-7-13-48-25)34-22-8-5-6-9-23(22)35-29)16-37(24)30(40)27(18(2)3)38(44)32(43)47-20-11-12-45-17-20/h4-10,13,18-21,24,27,44H,1,11-12,14-17H2,2-3H3,(H,36,39)(H,41,42)/t19-,20?,21-,24+,27?,33?/m1/s1. The molecule has 48 heavy (non-hydrogen) atoms.